The maximum Gasteiger partial charge on any atom is 0.255 e. The Kier molecular flexibility index (Phi) is 4.83. The number of carbonyl (C=O) groups is 1. The van der Waals surface area contributed by atoms with E-state index in [0.717, 1.165) is 20.8 Å². The Morgan fingerprint density at radius 3 is 2.41 bits per heavy atom. The second kappa shape index (κ2) is 7.42. The minimum absolute atomic E-state index is 0.211. The Hall–Kier alpha value is -2.83. The van der Waals surface area contributed by atoms with Crippen molar-refractivity contribution in [2.24, 2.45) is 0 Å². The first kappa shape index (κ1) is 17.6. The standard InChI is InChI=1S/C21H16N2O2S2/c1-27(25)15-12-10-14(11-13-15)20(24)22-17-7-3-2-6-16(17)21-23-18-8-4-5-9-19(18)26-21/h2-13H,1H3,(H,22,24)/t27-/m0/s1. The second-order valence-corrected chi connectivity index (χ2v) is 8.38. The number of anilines is 1. The Morgan fingerprint density at radius 1 is 0.963 bits per heavy atom. The van der Waals surface area contributed by atoms with Gasteiger partial charge >= 0.3 is 0 Å². The Morgan fingerprint density at radius 2 is 1.67 bits per heavy atom. The molecule has 134 valence electrons. The van der Waals surface area contributed by atoms with Crippen LogP contribution in [0.2, 0.25) is 0 Å². The summed E-state index contributed by atoms with van der Waals surface area (Å²) in [6.45, 7) is 0. The minimum Gasteiger partial charge on any atom is -0.321 e. The molecule has 0 saturated heterocycles. The van der Waals surface area contributed by atoms with Crippen LogP contribution in [0.1, 0.15) is 10.4 Å². The van der Waals surface area contributed by atoms with Gasteiger partial charge in [-0.2, -0.15) is 0 Å². The summed E-state index contributed by atoms with van der Waals surface area (Å²) in [5.41, 5.74) is 3.06. The van der Waals surface area contributed by atoms with Gasteiger partial charge < -0.3 is 5.32 Å². The number of benzene rings is 3. The van der Waals surface area contributed by atoms with Crippen molar-refractivity contribution in [3.8, 4) is 10.6 Å². The van der Waals surface area contributed by atoms with Crippen molar-refractivity contribution in [1.82, 2.24) is 4.98 Å². The highest BCUT2D eigenvalue weighted by molar-refractivity contribution is 7.84. The quantitative estimate of drug-likeness (QED) is 0.534. The number of rotatable bonds is 4. The molecule has 0 radical (unpaired) electrons. The number of para-hydroxylation sites is 2. The molecule has 0 aliphatic heterocycles. The minimum atomic E-state index is -1.06. The summed E-state index contributed by atoms with van der Waals surface area (Å²) in [6.07, 6.45) is 1.61. The lowest BCUT2D eigenvalue weighted by atomic mass is 10.1. The number of amides is 1. The molecule has 0 unspecified atom stereocenters. The van der Waals surface area contributed by atoms with Gasteiger partial charge in [-0.25, -0.2) is 4.98 Å². The molecule has 6 heteroatoms. The Balaban J connectivity index is 1.64. The zero-order chi connectivity index (χ0) is 18.8. The third-order valence-corrected chi connectivity index (χ3v) is 6.15. The molecular weight excluding hydrogens is 376 g/mol. The first-order valence-electron chi connectivity index (χ1n) is 8.31. The normalized spacial score (nSPS) is 12.0. The highest BCUT2D eigenvalue weighted by Gasteiger charge is 2.13. The first-order chi connectivity index (χ1) is 13.1. The fourth-order valence-corrected chi connectivity index (χ4v) is 4.28. The lowest BCUT2D eigenvalue weighted by Crippen LogP contribution is -2.12. The summed E-state index contributed by atoms with van der Waals surface area (Å²) in [5, 5.41) is 3.83. The van der Waals surface area contributed by atoms with E-state index in [-0.39, 0.29) is 5.91 Å². The van der Waals surface area contributed by atoms with Gasteiger partial charge in [0.2, 0.25) is 0 Å². The lowest BCUT2D eigenvalue weighted by Gasteiger charge is -2.09. The molecule has 0 aliphatic rings. The molecule has 0 spiro atoms. The van der Waals surface area contributed by atoms with Crippen LogP contribution in [0, 0.1) is 0 Å². The summed E-state index contributed by atoms with van der Waals surface area (Å²) >= 11 is 1.60. The topological polar surface area (TPSA) is 59.1 Å². The fourth-order valence-electron chi connectivity index (χ4n) is 2.76. The number of hydrogen-bond donors (Lipinski definition) is 1. The zero-order valence-corrected chi connectivity index (χ0v) is 16.1. The number of carbonyl (C=O) groups excluding carboxylic acids is 1. The fraction of sp³-hybridized carbons (Fsp3) is 0.0476. The number of aromatic nitrogens is 1. The van der Waals surface area contributed by atoms with Gasteiger partial charge in [0, 0.05) is 33.1 Å². The molecule has 0 aliphatic carbocycles. The van der Waals surface area contributed by atoms with Gasteiger partial charge in [0.15, 0.2) is 0 Å². The molecule has 1 N–H and O–H groups in total. The molecule has 1 heterocycles. The van der Waals surface area contributed by atoms with Gasteiger partial charge in [0.25, 0.3) is 5.91 Å². The average Bonchev–Trinajstić information content (AvgIpc) is 3.12. The predicted octanol–water partition coefficient (Wildman–Crippen LogP) is 4.95. The molecule has 3 aromatic carbocycles. The second-order valence-electron chi connectivity index (χ2n) is 5.96. The number of nitrogens with one attached hydrogen (secondary N) is 1. The van der Waals surface area contributed by atoms with Gasteiger partial charge in [-0.15, -0.1) is 11.3 Å². The molecular formula is C21H16N2O2S2. The van der Waals surface area contributed by atoms with Crippen LogP contribution in [0.4, 0.5) is 5.69 Å². The summed E-state index contributed by atoms with van der Waals surface area (Å²) in [5.74, 6) is -0.211. The monoisotopic (exact) mass is 392 g/mol. The molecule has 1 aromatic heterocycles. The van der Waals surface area contributed by atoms with Crippen molar-refractivity contribution >= 4 is 43.9 Å². The van der Waals surface area contributed by atoms with Crippen LogP contribution in [0.3, 0.4) is 0 Å². The van der Waals surface area contributed by atoms with Crippen molar-refractivity contribution in [3.05, 3.63) is 78.4 Å². The van der Waals surface area contributed by atoms with Crippen LogP contribution in [-0.4, -0.2) is 21.4 Å². The maximum absolute atomic E-state index is 12.6. The highest BCUT2D eigenvalue weighted by atomic mass is 32.2. The van der Waals surface area contributed by atoms with Crippen molar-refractivity contribution in [3.63, 3.8) is 0 Å². The largest absolute Gasteiger partial charge is 0.321 e. The predicted molar refractivity (Wildman–Crippen MR) is 112 cm³/mol. The summed E-state index contributed by atoms with van der Waals surface area (Å²) in [7, 11) is -1.06. The first-order valence-corrected chi connectivity index (χ1v) is 10.7. The van der Waals surface area contributed by atoms with Crippen molar-refractivity contribution in [2.75, 3.05) is 11.6 Å². The van der Waals surface area contributed by atoms with Crippen LogP contribution >= 0.6 is 11.3 Å². The van der Waals surface area contributed by atoms with Gasteiger partial charge in [-0.05, 0) is 48.5 Å². The SMILES string of the molecule is C[S@](=O)c1ccc(C(=O)Nc2ccccc2-c2nc3ccccc3s2)cc1. The summed E-state index contributed by atoms with van der Waals surface area (Å²) in [6, 6.07) is 22.4. The third-order valence-electron chi connectivity index (χ3n) is 4.15. The molecule has 27 heavy (non-hydrogen) atoms. The number of fused-ring (bicyclic) bond motifs is 1. The van der Waals surface area contributed by atoms with E-state index in [1.165, 1.54) is 0 Å². The molecule has 1 atom stereocenters. The van der Waals surface area contributed by atoms with Gasteiger partial charge in [0.05, 0.1) is 15.9 Å². The van der Waals surface area contributed by atoms with Crippen molar-refractivity contribution in [1.29, 1.82) is 0 Å². The van der Waals surface area contributed by atoms with E-state index < -0.39 is 10.8 Å². The molecule has 4 rings (SSSR count). The van der Waals surface area contributed by atoms with Crippen molar-refractivity contribution in [2.45, 2.75) is 4.90 Å². The van der Waals surface area contributed by atoms with E-state index in [1.807, 2.05) is 48.5 Å². The average molecular weight is 393 g/mol. The van der Waals surface area contributed by atoms with Crippen LogP contribution < -0.4 is 5.32 Å². The molecule has 4 nitrogen and oxygen atoms in total. The summed E-state index contributed by atoms with van der Waals surface area (Å²) < 4.78 is 12.6. The van der Waals surface area contributed by atoms with Crippen LogP contribution in [0.25, 0.3) is 20.8 Å². The van der Waals surface area contributed by atoms with Gasteiger partial charge in [0.1, 0.15) is 5.01 Å². The van der Waals surface area contributed by atoms with Crippen LogP contribution in [0.15, 0.2) is 77.7 Å². The maximum atomic E-state index is 12.6. The van der Waals surface area contributed by atoms with Crippen molar-refractivity contribution < 1.29 is 9.00 Å². The van der Waals surface area contributed by atoms with Gasteiger partial charge in [-0.3, -0.25) is 9.00 Å². The Bertz CT molecular complexity index is 1120. The molecule has 0 saturated carbocycles. The van der Waals surface area contributed by atoms with E-state index >= 15 is 0 Å². The van der Waals surface area contributed by atoms with Gasteiger partial charge in [-0.1, -0.05) is 24.3 Å². The zero-order valence-electron chi connectivity index (χ0n) is 14.5. The van der Waals surface area contributed by atoms with E-state index in [2.05, 4.69) is 10.3 Å². The smallest absolute Gasteiger partial charge is 0.255 e. The molecule has 0 fully saturated rings. The van der Waals surface area contributed by atoms with E-state index in [4.69, 9.17) is 0 Å². The van der Waals surface area contributed by atoms with Crippen LogP contribution in [-0.2, 0) is 10.8 Å². The Labute approximate surface area is 163 Å². The summed E-state index contributed by atoms with van der Waals surface area (Å²) in [4.78, 5) is 18.0. The van der Waals surface area contributed by atoms with E-state index in [0.29, 0.717) is 16.1 Å². The van der Waals surface area contributed by atoms with E-state index in [1.54, 1.807) is 41.9 Å². The molecule has 1 amide bonds. The number of nitrogens with zero attached hydrogens (tertiary/aromatic N) is 1. The van der Waals surface area contributed by atoms with Crippen LogP contribution in [0.5, 0.6) is 0 Å². The van der Waals surface area contributed by atoms with E-state index in [9.17, 15) is 9.00 Å². The molecule has 4 aromatic rings. The third kappa shape index (κ3) is 3.67. The number of thiazole rings is 1. The lowest BCUT2D eigenvalue weighted by molar-refractivity contribution is 0.102. The highest BCUT2D eigenvalue weighted by Crippen LogP contribution is 2.34. The molecule has 0 bridgehead atoms. The number of hydrogen-bond acceptors (Lipinski definition) is 4.